The standard InChI is InChI=1S/C28H29BrCl2N2O2S/c1-2-14-32-28(35)26(15-20-6-4-3-5-7-20)33(17-21-8-11-23(29)12-9-21)27(34)19-36-18-22-10-13-24(30)16-25(22)31/h3-13,16,26H,2,14-15,17-19H2,1H3,(H,32,35)/t26-/m0/s1. The molecule has 8 heteroatoms. The molecule has 3 aromatic carbocycles. The van der Waals surface area contributed by atoms with Crippen molar-refractivity contribution in [3.63, 3.8) is 0 Å². The van der Waals surface area contributed by atoms with Gasteiger partial charge < -0.3 is 10.2 Å². The topological polar surface area (TPSA) is 49.4 Å². The number of carbonyl (C=O) groups is 2. The minimum atomic E-state index is -0.630. The molecule has 1 atom stereocenters. The molecule has 0 aliphatic heterocycles. The van der Waals surface area contributed by atoms with Gasteiger partial charge in [0.1, 0.15) is 6.04 Å². The van der Waals surface area contributed by atoms with Crippen LogP contribution in [0.25, 0.3) is 0 Å². The Morgan fingerprint density at radius 2 is 1.72 bits per heavy atom. The maximum atomic E-state index is 13.6. The molecule has 0 aliphatic carbocycles. The summed E-state index contributed by atoms with van der Waals surface area (Å²) in [5.41, 5.74) is 2.88. The molecule has 190 valence electrons. The van der Waals surface area contributed by atoms with Gasteiger partial charge in [-0.05, 0) is 47.4 Å². The summed E-state index contributed by atoms with van der Waals surface area (Å²) in [6.07, 6.45) is 1.26. The van der Waals surface area contributed by atoms with Crippen LogP contribution >= 0.6 is 50.9 Å². The lowest BCUT2D eigenvalue weighted by Gasteiger charge is -2.31. The van der Waals surface area contributed by atoms with E-state index < -0.39 is 6.04 Å². The molecule has 2 amide bonds. The molecule has 0 fully saturated rings. The summed E-state index contributed by atoms with van der Waals surface area (Å²) in [5.74, 6) is 0.554. The Kier molecular flexibility index (Phi) is 11.6. The van der Waals surface area contributed by atoms with Gasteiger partial charge in [-0.2, -0.15) is 0 Å². The van der Waals surface area contributed by atoms with E-state index in [0.29, 0.717) is 35.3 Å². The average Bonchev–Trinajstić information content (AvgIpc) is 2.87. The minimum absolute atomic E-state index is 0.0967. The highest BCUT2D eigenvalue weighted by molar-refractivity contribution is 9.10. The molecule has 0 saturated carbocycles. The molecule has 0 saturated heterocycles. The highest BCUT2D eigenvalue weighted by atomic mass is 79.9. The molecule has 1 N–H and O–H groups in total. The number of carbonyl (C=O) groups excluding carboxylic acids is 2. The molecule has 0 radical (unpaired) electrons. The van der Waals surface area contributed by atoms with Gasteiger partial charge in [-0.3, -0.25) is 9.59 Å². The van der Waals surface area contributed by atoms with Gasteiger partial charge >= 0.3 is 0 Å². The summed E-state index contributed by atoms with van der Waals surface area (Å²) < 4.78 is 0.959. The second-order valence-electron chi connectivity index (χ2n) is 8.37. The van der Waals surface area contributed by atoms with Crippen molar-refractivity contribution in [2.24, 2.45) is 0 Å². The molecule has 0 aromatic heterocycles. The number of nitrogens with zero attached hydrogens (tertiary/aromatic N) is 1. The van der Waals surface area contributed by atoms with Crippen LogP contribution in [0.4, 0.5) is 0 Å². The van der Waals surface area contributed by atoms with Crippen LogP contribution in [0.1, 0.15) is 30.0 Å². The Hall–Kier alpha value is -1.99. The van der Waals surface area contributed by atoms with Crippen molar-refractivity contribution in [2.45, 2.75) is 38.1 Å². The van der Waals surface area contributed by atoms with E-state index >= 15 is 0 Å². The van der Waals surface area contributed by atoms with Gasteiger partial charge in [0.25, 0.3) is 0 Å². The van der Waals surface area contributed by atoms with Crippen LogP contribution in [-0.4, -0.2) is 35.1 Å². The van der Waals surface area contributed by atoms with Crippen LogP contribution in [0.2, 0.25) is 10.0 Å². The number of rotatable bonds is 12. The van der Waals surface area contributed by atoms with Crippen LogP contribution in [0.5, 0.6) is 0 Å². The number of hydrogen-bond acceptors (Lipinski definition) is 3. The summed E-state index contributed by atoms with van der Waals surface area (Å²) in [5, 5.41) is 4.16. The molecule has 4 nitrogen and oxygen atoms in total. The maximum absolute atomic E-state index is 13.6. The average molecular weight is 608 g/mol. The first-order chi connectivity index (χ1) is 17.4. The number of thioether (sulfide) groups is 1. The van der Waals surface area contributed by atoms with Gasteiger partial charge in [0, 0.05) is 39.8 Å². The molecule has 0 heterocycles. The van der Waals surface area contributed by atoms with Crippen molar-refractivity contribution >= 4 is 62.7 Å². The molecule has 3 aromatic rings. The fourth-order valence-corrected chi connectivity index (χ4v) is 5.41. The second kappa shape index (κ2) is 14.7. The van der Waals surface area contributed by atoms with Crippen molar-refractivity contribution in [1.82, 2.24) is 10.2 Å². The highest BCUT2D eigenvalue weighted by Crippen LogP contribution is 2.25. The molecule has 0 spiro atoms. The Labute approximate surface area is 235 Å². The Morgan fingerprint density at radius 3 is 2.39 bits per heavy atom. The van der Waals surface area contributed by atoms with Gasteiger partial charge in [0.15, 0.2) is 0 Å². The van der Waals surface area contributed by atoms with Gasteiger partial charge in [-0.15, -0.1) is 11.8 Å². The molecular weight excluding hydrogens is 579 g/mol. The lowest BCUT2D eigenvalue weighted by Crippen LogP contribution is -2.51. The molecular formula is C28H29BrCl2N2O2S. The van der Waals surface area contributed by atoms with Gasteiger partial charge in [0.05, 0.1) is 5.75 Å². The van der Waals surface area contributed by atoms with E-state index in [1.54, 1.807) is 17.0 Å². The van der Waals surface area contributed by atoms with E-state index in [-0.39, 0.29) is 17.6 Å². The van der Waals surface area contributed by atoms with E-state index in [4.69, 9.17) is 23.2 Å². The Morgan fingerprint density at radius 1 is 1.00 bits per heavy atom. The summed E-state index contributed by atoms with van der Waals surface area (Å²) in [6, 6.07) is 22.4. The monoisotopic (exact) mass is 606 g/mol. The molecule has 0 unspecified atom stereocenters. The first kappa shape index (κ1) is 28.6. The third kappa shape index (κ3) is 8.84. The second-order valence-corrected chi connectivity index (χ2v) is 11.1. The number of benzene rings is 3. The minimum Gasteiger partial charge on any atom is -0.354 e. The summed E-state index contributed by atoms with van der Waals surface area (Å²) >= 11 is 17.2. The highest BCUT2D eigenvalue weighted by Gasteiger charge is 2.30. The fraction of sp³-hybridized carbons (Fsp3) is 0.286. The predicted octanol–water partition coefficient (Wildman–Crippen LogP) is 7.16. The molecule has 3 rings (SSSR count). The van der Waals surface area contributed by atoms with Crippen molar-refractivity contribution < 1.29 is 9.59 Å². The van der Waals surface area contributed by atoms with E-state index in [1.807, 2.05) is 67.6 Å². The van der Waals surface area contributed by atoms with E-state index in [0.717, 1.165) is 27.6 Å². The van der Waals surface area contributed by atoms with E-state index in [2.05, 4.69) is 21.2 Å². The summed E-state index contributed by atoms with van der Waals surface area (Å²) in [7, 11) is 0. The van der Waals surface area contributed by atoms with Crippen LogP contribution in [0, 0.1) is 0 Å². The number of hydrogen-bond donors (Lipinski definition) is 1. The zero-order chi connectivity index (χ0) is 25.9. The van der Waals surface area contributed by atoms with Crippen molar-refractivity contribution in [3.8, 4) is 0 Å². The Bertz CT molecular complexity index is 1150. The van der Waals surface area contributed by atoms with Crippen molar-refractivity contribution in [2.75, 3.05) is 12.3 Å². The maximum Gasteiger partial charge on any atom is 0.243 e. The third-order valence-corrected chi connectivity index (χ3v) is 7.67. The molecule has 36 heavy (non-hydrogen) atoms. The van der Waals surface area contributed by atoms with Crippen LogP contribution in [0.3, 0.4) is 0 Å². The van der Waals surface area contributed by atoms with Crippen LogP contribution in [-0.2, 0) is 28.3 Å². The zero-order valence-electron chi connectivity index (χ0n) is 20.1. The SMILES string of the molecule is CCCNC(=O)[C@H](Cc1ccccc1)N(Cc1ccc(Br)cc1)C(=O)CSCc1ccc(Cl)cc1Cl. The quantitative estimate of drug-likeness (QED) is 0.238. The van der Waals surface area contributed by atoms with Crippen LogP contribution in [0.15, 0.2) is 77.3 Å². The third-order valence-electron chi connectivity index (χ3n) is 5.58. The first-order valence-electron chi connectivity index (χ1n) is 11.7. The van der Waals surface area contributed by atoms with E-state index in [1.165, 1.54) is 11.8 Å². The lowest BCUT2D eigenvalue weighted by atomic mass is 10.0. The molecule has 0 aliphatic rings. The smallest absolute Gasteiger partial charge is 0.243 e. The Balaban J connectivity index is 1.83. The first-order valence-corrected chi connectivity index (χ1v) is 14.4. The van der Waals surface area contributed by atoms with Gasteiger partial charge in [-0.25, -0.2) is 0 Å². The van der Waals surface area contributed by atoms with E-state index in [9.17, 15) is 9.59 Å². The van der Waals surface area contributed by atoms with Crippen LogP contribution < -0.4 is 5.32 Å². The largest absolute Gasteiger partial charge is 0.354 e. The van der Waals surface area contributed by atoms with Crippen molar-refractivity contribution in [3.05, 3.63) is 104 Å². The van der Waals surface area contributed by atoms with Crippen molar-refractivity contribution in [1.29, 1.82) is 0 Å². The lowest BCUT2D eigenvalue weighted by molar-refractivity contribution is -0.139. The summed E-state index contributed by atoms with van der Waals surface area (Å²) in [4.78, 5) is 28.6. The van der Waals surface area contributed by atoms with Gasteiger partial charge in [-0.1, -0.05) is 94.6 Å². The molecule has 0 bridgehead atoms. The normalized spacial score (nSPS) is 11.7. The number of nitrogens with one attached hydrogen (secondary N) is 1. The number of amides is 2. The fourth-order valence-electron chi connectivity index (χ4n) is 3.68. The predicted molar refractivity (Wildman–Crippen MR) is 155 cm³/mol. The number of halogens is 3. The van der Waals surface area contributed by atoms with Gasteiger partial charge in [0.2, 0.25) is 11.8 Å². The summed E-state index contributed by atoms with van der Waals surface area (Å²) in [6.45, 7) is 2.91. The zero-order valence-corrected chi connectivity index (χ0v) is 24.0.